The predicted molar refractivity (Wildman–Crippen MR) is 136 cm³/mol. The van der Waals surface area contributed by atoms with Crippen LogP contribution in [0.15, 0.2) is 51.8 Å². The van der Waals surface area contributed by atoms with Crippen LogP contribution in [0.3, 0.4) is 0 Å². The molecule has 4 rings (SSSR count). The fourth-order valence-electron chi connectivity index (χ4n) is 4.63. The van der Waals surface area contributed by atoms with Crippen LogP contribution >= 0.6 is 15.9 Å². The van der Waals surface area contributed by atoms with Crippen LogP contribution in [0.25, 0.3) is 0 Å². The number of rotatable bonds is 5. The summed E-state index contributed by atoms with van der Waals surface area (Å²) in [6, 6.07) is 8.71. The van der Waals surface area contributed by atoms with Gasteiger partial charge in [0.25, 0.3) is 10.0 Å². The Kier molecular flexibility index (Phi) is 7.57. The fraction of sp³-hybridized carbons (Fsp3) is 0.480. The van der Waals surface area contributed by atoms with Gasteiger partial charge in [-0.2, -0.15) is 13.2 Å². The molecule has 0 amide bonds. The Labute approximate surface area is 222 Å². The van der Waals surface area contributed by atoms with E-state index in [4.69, 9.17) is 9.47 Å². The monoisotopic (exact) mass is 604 g/mol. The van der Waals surface area contributed by atoms with Crippen molar-refractivity contribution in [3.63, 3.8) is 0 Å². The van der Waals surface area contributed by atoms with Crippen molar-refractivity contribution in [3.05, 3.63) is 52.5 Å². The molecule has 0 radical (unpaired) electrons. The molecule has 1 saturated heterocycles. The molecule has 0 aromatic heterocycles. The van der Waals surface area contributed by atoms with Gasteiger partial charge in [0.15, 0.2) is 0 Å². The second kappa shape index (κ2) is 10.1. The minimum Gasteiger partial charge on any atom is -0.458 e. The summed E-state index contributed by atoms with van der Waals surface area (Å²) in [5, 5.41) is 0. The van der Waals surface area contributed by atoms with Crippen LogP contribution in [0.2, 0.25) is 0 Å². The SMILES string of the molecule is CC(C)(C)OC(=O)COC1CCN2c3ccc(Br)cc3N(S(=O)(=O)c3cccc(C(F)(F)F)c3)C[C@@H]2C1. The zero-order valence-electron chi connectivity index (χ0n) is 20.6. The molecular formula is C25H28BrF3N2O5S. The van der Waals surface area contributed by atoms with Crippen molar-refractivity contribution in [1.82, 2.24) is 0 Å². The summed E-state index contributed by atoms with van der Waals surface area (Å²) in [5.41, 5.74) is -0.615. The number of benzene rings is 2. The Bertz CT molecular complexity index is 1280. The van der Waals surface area contributed by atoms with Crippen LogP contribution in [0.5, 0.6) is 0 Å². The van der Waals surface area contributed by atoms with Gasteiger partial charge in [-0.05, 0) is 70.0 Å². The van der Waals surface area contributed by atoms with Gasteiger partial charge in [-0.25, -0.2) is 13.2 Å². The summed E-state index contributed by atoms with van der Waals surface area (Å²) in [6.07, 6.45) is -3.92. The topological polar surface area (TPSA) is 76.2 Å². The summed E-state index contributed by atoms with van der Waals surface area (Å²) >= 11 is 3.38. The molecule has 1 unspecified atom stereocenters. The van der Waals surface area contributed by atoms with Crippen LogP contribution in [0.4, 0.5) is 24.5 Å². The van der Waals surface area contributed by atoms with Gasteiger partial charge in [0.1, 0.15) is 12.2 Å². The number of ether oxygens (including phenoxy) is 2. The van der Waals surface area contributed by atoms with Crippen molar-refractivity contribution >= 4 is 43.3 Å². The van der Waals surface area contributed by atoms with E-state index in [2.05, 4.69) is 20.8 Å². The first-order valence-electron chi connectivity index (χ1n) is 11.7. The van der Waals surface area contributed by atoms with Gasteiger partial charge in [-0.1, -0.05) is 22.0 Å². The van der Waals surface area contributed by atoms with E-state index in [1.54, 1.807) is 39.0 Å². The Balaban J connectivity index is 1.61. The number of hydrogen-bond donors (Lipinski definition) is 0. The summed E-state index contributed by atoms with van der Waals surface area (Å²) < 4.78 is 80.2. The molecule has 12 heteroatoms. The molecule has 2 aliphatic rings. The second-order valence-electron chi connectivity index (χ2n) is 10.1. The van der Waals surface area contributed by atoms with E-state index >= 15 is 0 Å². The van der Waals surface area contributed by atoms with Crippen LogP contribution in [-0.2, 0) is 30.5 Å². The highest BCUT2D eigenvalue weighted by Gasteiger charge is 2.41. The lowest BCUT2D eigenvalue weighted by atomic mass is 9.96. The Morgan fingerprint density at radius 1 is 1.11 bits per heavy atom. The molecule has 0 aliphatic carbocycles. The molecule has 0 saturated carbocycles. The van der Waals surface area contributed by atoms with E-state index in [0.717, 1.165) is 12.1 Å². The lowest BCUT2D eigenvalue weighted by molar-refractivity contribution is -0.162. The molecule has 1 fully saturated rings. The summed E-state index contributed by atoms with van der Waals surface area (Å²) in [5.74, 6) is -0.484. The molecule has 7 nitrogen and oxygen atoms in total. The summed E-state index contributed by atoms with van der Waals surface area (Å²) in [7, 11) is -4.32. The highest BCUT2D eigenvalue weighted by Crippen LogP contribution is 2.43. The molecule has 2 atom stereocenters. The third kappa shape index (κ3) is 6.23. The lowest BCUT2D eigenvalue weighted by Gasteiger charge is -2.48. The molecule has 2 aromatic rings. The molecular weight excluding hydrogens is 577 g/mol. The zero-order chi connectivity index (χ0) is 27.2. The first-order chi connectivity index (χ1) is 17.1. The summed E-state index contributed by atoms with van der Waals surface area (Å²) in [4.78, 5) is 13.7. The molecule has 2 aromatic carbocycles. The van der Waals surface area contributed by atoms with Gasteiger partial charge in [0.05, 0.1) is 40.5 Å². The number of fused-ring (bicyclic) bond motifs is 3. The number of anilines is 2. The standard InChI is InChI=1S/C25H28BrF3N2O5S/c1-24(2,3)36-23(32)15-35-19-9-10-30-18(13-19)14-31(22-12-17(26)7-8-21(22)30)37(33,34)20-6-4-5-16(11-20)25(27,28)29/h4-8,11-12,18-19H,9-10,13-15H2,1-3H3/t18-,19?/m0/s1. The molecule has 0 bridgehead atoms. The van der Waals surface area contributed by atoms with Crippen molar-refractivity contribution < 1.29 is 35.9 Å². The maximum absolute atomic E-state index is 13.7. The number of sulfonamides is 1. The third-order valence-corrected chi connectivity index (χ3v) is 8.44. The van der Waals surface area contributed by atoms with Gasteiger partial charge in [-0.15, -0.1) is 0 Å². The Hall–Kier alpha value is -2.31. The quantitative estimate of drug-likeness (QED) is 0.427. The molecule has 37 heavy (non-hydrogen) atoms. The van der Waals surface area contributed by atoms with E-state index in [1.165, 1.54) is 10.4 Å². The van der Waals surface area contributed by atoms with E-state index < -0.39 is 38.2 Å². The van der Waals surface area contributed by atoms with Gasteiger partial charge in [0, 0.05) is 11.0 Å². The molecule has 2 aliphatic heterocycles. The van der Waals surface area contributed by atoms with Crippen molar-refractivity contribution in [2.45, 2.75) is 62.4 Å². The van der Waals surface area contributed by atoms with Gasteiger partial charge in [0.2, 0.25) is 0 Å². The van der Waals surface area contributed by atoms with Gasteiger partial charge >= 0.3 is 12.1 Å². The van der Waals surface area contributed by atoms with Gasteiger partial charge in [-0.3, -0.25) is 4.31 Å². The fourth-order valence-corrected chi connectivity index (χ4v) is 6.53. The maximum Gasteiger partial charge on any atom is 0.416 e. The van der Waals surface area contributed by atoms with E-state index in [0.29, 0.717) is 41.3 Å². The largest absolute Gasteiger partial charge is 0.458 e. The number of halogens is 4. The van der Waals surface area contributed by atoms with Crippen molar-refractivity contribution in [1.29, 1.82) is 0 Å². The first kappa shape index (κ1) is 27.7. The first-order valence-corrected chi connectivity index (χ1v) is 14.0. The normalized spacial score (nSPS) is 20.3. The number of esters is 1. The van der Waals surface area contributed by atoms with E-state index in [1.807, 2.05) is 0 Å². The molecule has 0 N–H and O–H groups in total. The van der Waals surface area contributed by atoms with Crippen LogP contribution in [0, 0.1) is 0 Å². The van der Waals surface area contributed by atoms with Crippen LogP contribution in [-0.4, -0.2) is 51.8 Å². The number of carbonyl (C=O) groups is 1. The van der Waals surface area contributed by atoms with Crippen molar-refractivity contribution in [3.8, 4) is 0 Å². The highest BCUT2D eigenvalue weighted by molar-refractivity contribution is 9.10. The predicted octanol–water partition coefficient (Wildman–Crippen LogP) is 5.37. The zero-order valence-corrected chi connectivity index (χ0v) is 23.0. The maximum atomic E-state index is 13.7. The summed E-state index contributed by atoms with van der Waals surface area (Å²) in [6.45, 7) is 5.66. The number of nitrogens with zero attached hydrogens (tertiary/aromatic N) is 2. The van der Waals surface area contributed by atoms with E-state index in [9.17, 15) is 26.4 Å². The average Bonchev–Trinajstić information content (AvgIpc) is 2.80. The number of piperidine rings is 1. The van der Waals surface area contributed by atoms with Crippen LogP contribution in [0.1, 0.15) is 39.2 Å². The third-order valence-electron chi connectivity index (χ3n) is 6.17. The number of carbonyl (C=O) groups excluding carboxylic acids is 1. The minimum atomic E-state index is -4.67. The molecule has 202 valence electrons. The van der Waals surface area contributed by atoms with Crippen LogP contribution < -0.4 is 9.21 Å². The number of hydrogen-bond acceptors (Lipinski definition) is 6. The van der Waals surface area contributed by atoms with Crippen molar-refractivity contribution in [2.75, 3.05) is 28.9 Å². The number of alkyl halides is 3. The van der Waals surface area contributed by atoms with Gasteiger partial charge < -0.3 is 14.4 Å². The Morgan fingerprint density at radius 2 is 1.84 bits per heavy atom. The van der Waals surface area contributed by atoms with E-state index in [-0.39, 0.29) is 25.3 Å². The lowest BCUT2D eigenvalue weighted by Crippen LogP contribution is -2.55. The van der Waals surface area contributed by atoms with Crippen molar-refractivity contribution in [2.24, 2.45) is 0 Å². The smallest absolute Gasteiger partial charge is 0.416 e. The second-order valence-corrected chi connectivity index (χ2v) is 12.9. The Morgan fingerprint density at radius 3 is 2.51 bits per heavy atom. The molecule has 2 heterocycles. The average molecular weight is 605 g/mol. The highest BCUT2D eigenvalue weighted by atomic mass is 79.9. The minimum absolute atomic E-state index is 0.0222. The molecule has 0 spiro atoms.